The summed E-state index contributed by atoms with van der Waals surface area (Å²) in [4.78, 5) is 12.1. The van der Waals surface area contributed by atoms with E-state index in [1.165, 1.54) is 0 Å². The van der Waals surface area contributed by atoms with Gasteiger partial charge in [-0.2, -0.15) is 0 Å². The van der Waals surface area contributed by atoms with E-state index < -0.39 is 0 Å². The number of nitrogens with zero attached hydrogens (tertiary/aromatic N) is 3. The van der Waals surface area contributed by atoms with E-state index in [1.807, 2.05) is 24.3 Å². The maximum atomic E-state index is 4.08. The van der Waals surface area contributed by atoms with Crippen molar-refractivity contribution in [2.45, 2.75) is 0 Å². The minimum absolute atomic E-state index is 0.712. The minimum atomic E-state index is 0.712. The SMILES string of the molecule is C(=Cc1ncccn1)c1ccncc1. The molecule has 0 amide bonds. The molecule has 0 saturated carbocycles. The normalized spacial score (nSPS) is 10.6. The summed E-state index contributed by atoms with van der Waals surface area (Å²) in [6.07, 6.45) is 10.8. The van der Waals surface area contributed by atoms with E-state index >= 15 is 0 Å². The van der Waals surface area contributed by atoms with Crippen molar-refractivity contribution in [1.29, 1.82) is 0 Å². The highest BCUT2D eigenvalue weighted by Crippen LogP contribution is 2.02. The molecule has 0 aromatic carbocycles. The second-order valence-corrected chi connectivity index (χ2v) is 2.72. The van der Waals surface area contributed by atoms with Gasteiger partial charge in [0.2, 0.25) is 0 Å². The quantitative estimate of drug-likeness (QED) is 0.715. The van der Waals surface area contributed by atoms with Gasteiger partial charge in [0, 0.05) is 24.8 Å². The van der Waals surface area contributed by atoms with Crippen molar-refractivity contribution >= 4 is 12.2 Å². The number of pyridine rings is 1. The van der Waals surface area contributed by atoms with E-state index in [0.29, 0.717) is 5.82 Å². The van der Waals surface area contributed by atoms with Crippen molar-refractivity contribution < 1.29 is 0 Å². The van der Waals surface area contributed by atoms with E-state index in [-0.39, 0.29) is 0 Å². The highest BCUT2D eigenvalue weighted by atomic mass is 14.8. The molecule has 0 aliphatic rings. The maximum absolute atomic E-state index is 4.08. The molecular weight excluding hydrogens is 174 g/mol. The fourth-order valence-electron chi connectivity index (χ4n) is 1.04. The van der Waals surface area contributed by atoms with Crippen molar-refractivity contribution in [3.63, 3.8) is 0 Å². The molecule has 0 saturated heterocycles. The van der Waals surface area contributed by atoms with E-state index in [2.05, 4.69) is 15.0 Å². The van der Waals surface area contributed by atoms with Gasteiger partial charge in [-0.1, -0.05) is 6.08 Å². The van der Waals surface area contributed by atoms with Gasteiger partial charge in [0.15, 0.2) is 5.82 Å². The van der Waals surface area contributed by atoms with Gasteiger partial charge in [0.25, 0.3) is 0 Å². The zero-order valence-corrected chi connectivity index (χ0v) is 7.54. The van der Waals surface area contributed by atoms with E-state index in [4.69, 9.17) is 0 Å². The fourth-order valence-corrected chi connectivity index (χ4v) is 1.04. The fraction of sp³-hybridized carbons (Fsp3) is 0. The molecule has 2 aromatic rings. The van der Waals surface area contributed by atoms with Crippen LogP contribution < -0.4 is 0 Å². The van der Waals surface area contributed by atoms with Crippen molar-refractivity contribution in [2.75, 3.05) is 0 Å². The summed E-state index contributed by atoms with van der Waals surface area (Å²) in [5.74, 6) is 0.712. The average molecular weight is 183 g/mol. The molecule has 2 rings (SSSR count). The van der Waals surface area contributed by atoms with Crippen LogP contribution in [0.1, 0.15) is 11.4 Å². The molecular formula is C11H9N3. The van der Waals surface area contributed by atoms with Crippen LogP contribution in [0.2, 0.25) is 0 Å². The maximum Gasteiger partial charge on any atom is 0.151 e. The van der Waals surface area contributed by atoms with Crippen LogP contribution in [0.25, 0.3) is 12.2 Å². The van der Waals surface area contributed by atoms with Crippen molar-refractivity contribution in [1.82, 2.24) is 15.0 Å². The summed E-state index contributed by atoms with van der Waals surface area (Å²) >= 11 is 0. The third-order valence-electron chi connectivity index (χ3n) is 1.72. The first-order valence-electron chi connectivity index (χ1n) is 4.30. The Balaban J connectivity index is 2.16. The Labute approximate surface area is 82.2 Å². The molecule has 3 nitrogen and oxygen atoms in total. The Kier molecular flexibility index (Phi) is 2.62. The molecule has 0 N–H and O–H groups in total. The van der Waals surface area contributed by atoms with Gasteiger partial charge < -0.3 is 0 Å². The molecule has 0 spiro atoms. The van der Waals surface area contributed by atoms with Gasteiger partial charge in [0.05, 0.1) is 0 Å². The Morgan fingerprint density at radius 1 is 0.857 bits per heavy atom. The predicted molar refractivity (Wildman–Crippen MR) is 55.2 cm³/mol. The van der Waals surface area contributed by atoms with Crippen LogP contribution in [0.3, 0.4) is 0 Å². The third-order valence-corrected chi connectivity index (χ3v) is 1.72. The predicted octanol–water partition coefficient (Wildman–Crippen LogP) is 2.04. The number of aromatic nitrogens is 3. The lowest BCUT2D eigenvalue weighted by molar-refractivity contribution is 1.14. The smallest absolute Gasteiger partial charge is 0.151 e. The van der Waals surface area contributed by atoms with Gasteiger partial charge in [-0.05, 0) is 29.8 Å². The molecule has 0 aliphatic heterocycles. The zero-order valence-electron chi connectivity index (χ0n) is 7.54. The topological polar surface area (TPSA) is 38.7 Å². The summed E-state index contributed by atoms with van der Waals surface area (Å²) in [6, 6.07) is 5.66. The Hall–Kier alpha value is -2.03. The van der Waals surface area contributed by atoms with Crippen LogP contribution in [0, 0.1) is 0 Å². The zero-order chi connectivity index (χ0) is 9.64. The number of hydrogen-bond acceptors (Lipinski definition) is 3. The first kappa shape index (κ1) is 8.56. The molecule has 0 atom stereocenters. The van der Waals surface area contributed by atoms with Gasteiger partial charge in [-0.3, -0.25) is 4.98 Å². The second kappa shape index (κ2) is 4.28. The molecule has 0 bridgehead atoms. The van der Waals surface area contributed by atoms with Gasteiger partial charge in [-0.25, -0.2) is 9.97 Å². The van der Waals surface area contributed by atoms with Crippen LogP contribution in [0.4, 0.5) is 0 Å². The summed E-state index contributed by atoms with van der Waals surface area (Å²) in [5.41, 5.74) is 1.09. The summed E-state index contributed by atoms with van der Waals surface area (Å²) < 4.78 is 0. The van der Waals surface area contributed by atoms with Gasteiger partial charge in [0.1, 0.15) is 0 Å². The molecule has 2 aromatic heterocycles. The van der Waals surface area contributed by atoms with E-state index in [1.54, 1.807) is 30.9 Å². The Morgan fingerprint density at radius 3 is 2.29 bits per heavy atom. The Bertz CT molecular complexity index is 368. The molecule has 68 valence electrons. The summed E-state index contributed by atoms with van der Waals surface area (Å²) in [6.45, 7) is 0. The molecule has 0 fully saturated rings. The third kappa shape index (κ3) is 2.23. The first-order chi connectivity index (χ1) is 6.95. The largest absolute Gasteiger partial charge is 0.265 e. The second-order valence-electron chi connectivity index (χ2n) is 2.72. The lowest BCUT2D eigenvalue weighted by Gasteiger charge is -1.91. The van der Waals surface area contributed by atoms with E-state index in [9.17, 15) is 0 Å². The van der Waals surface area contributed by atoms with Crippen LogP contribution >= 0.6 is 0 Å². The lowest BCUT2D eigenvalue weighted by Crippen LogP contribution is -1.82. The highest BCUT2D eigenvalue weighted by Gasteiger charge is 1.87. The Morgan fingerprint density at radius 2 is 1.57 bits per heavy atom. The van der Waals surface area contributed by atoms with Crippen LogP contribution in [-0.4, -0.2) is 15.0 Å². The van der Waals surface area contributed by atoms with Crippen LogP contribution in [0.5, 0.6) is 0 Å². The van der Waals surface area contributed by atoms with Crippen LogP contribution in [-0.2, 0) is 0 Å². The molecule has 0 aliphatic carbocycles. The number of rotatable bonds is 2. The van der Waals surface area contributed by atoms with Crippen molar-refractivity contribution in [2.24, 2.45) is 0 Å². The standard InChI is InChI=1S/C11H9N3/c1-6-13-11(14-7-1)3-2-10-4-8-12-9-5-10/h1-9H. The molecule has 0 unspecified atom stereocenters. The van der Waals surface area contributed by atoms with Gasteiger partial charge in [-0.15, -0.1) is 0 Å². The summed E-state index contributed by atoms with van der Waals surface area (Å²) in [7, 11) is 0. The minimum Gasteiger partial charge on any atom is -0.265 e. The molecule has 3 heteroatoms. The first-order valence-corrected chi connectivity index (χ1v) is 4.30. The van der Waals surface area contributed by atoms with E-state index in [0.717, 1.165) is 5.56 Å². The molecule has 0 radical (unpaired) electrons. The van der Waals surface area contributed by atoms with Crippen LogP contribution in [0.15, 0.2) is 43.0 Å². The summed E-state index contributed by atoms with van der Waals surface area (Å²) in [5, 5.41) is 0. The monoisotopic (exact) mass is 183 g/mol. The van der Waals surface area contributed by atoms with Crippen molar-refractivity contribution in [3.8, 4) is 0 Å². The lowest BCUT2D eigenvalue weighted by atomic mass is 10.2. The number of hydrogen-bond donors (Lipinski definition) is 0. The molecule has 2 heterocycles. The average Bonchev–Trinajstić information content (AvgIpc) is 2.29. The van der Waals surface area contributed by atoms with Gasteiger partial charge >= 0.3 is 0 Å². The highest BCUT2D eigenvalue weighted by molar-refractivity contribution is 5.65. The molecule has 14 heavy (non-hydrogen) atoms. The van der Waals surface area contributed by atoms with Crippen molar-refractivity contribution in [3.05, 3.63) is 54.4 Å².